The fourth-order valence-corrected chi connectivity index (χ4v) is 2.85. The maximum Gasteiger partial charge on any atom is 0.411 e. The molecule has 2 aromatic rings. The van der Waals surface area contributed by atoms with E-state index in [1.165, 1.54) is 5.56 Å². The number of rotatable bonds is 6. The van der Waals surface area contributed by atoms with E-state index in [4.69, 9.17) is 9.47 Å². The minimum absolute atomic E-state index is 0.219. The van der Waals surface area contributed by atoms with Crippen LogP contribution in [-0.2, 0) is 17.9 Å². The zero-order valence-electron chi connectivity index (χ0n) is 15.0. The summed E-state index contributed by atoms with van der Waals surface area (Å²) in [6.45, 7) is 5.37. The molecular weight excluding hydrogens is 330 g/mol. The number of piperazine rings is 1. The number of nitrogens with zero attached hydrogens (tertiary/aromatic N) is 1. The van der Waals surface area contributed by atoms with Crippen molar-refractivity contribution in [1.82, 2.24) is 10.2 Å². The number of amides is 1. The van der Waals surface area contributed by atoms with Crippen LogP contribution in [0, 0.1) is 0 Å². The summed E-state index contributed by atoms with van der Waals surface area (Å²) in [7, 11) is 1.62. The van der Waals surface area contributed by atoms with Crippen molar-refractivity contribution in [2.24, 2.45) is 0 Å². The Morgan fingerprint density at radius 1 is 1.04 bits per heavy atom. The molecule has 0 aliphatic carbocycles. The number of nitrogens with one attached hydrogen (secondary N) is 2. The molecule has 138 valence electrons. The van der Waals surface area contributed by atoms with Crippen LogP contribution in [0.4, 0.5) is 10.5 Å². The van der Waals surface area contributed by atoms with E-state index in [-0.39, 0.29) is 6.61 Å². The average molecular weight is 355 g/mol. The summed E-state index contributed by atoms with van der Waals surface area (Å²) in [5.41, 5.74) is 2.88. The molecule has 0 unspecified atom stereocenters. The van der Waals surface area contributed by atoms with Crippen molar-refractivity contribution in [3.8, 4) is 5.75 Å². The van der Waals surface area contributed by atoms with Crippen LogP contribution in [0.3, 0.4) is 0 Å². The van der Waals surface area contributed by atoms with Crippen LogP contribution in [0.25, 0.3) is 0 Å². The maximum atomic E-state index is 11.9. The zero-order valence-corrected chi connectivity index (χ0v) is 15.0. The van der Waals surface area contributed by atoms with Crippen LogP contribution >= 0.6 is 0 Å². The van der Waals surface area contributed by atoms with Gasteiger partial charge in [-0.1, -0.05) is 24.3 Å². The molecule has 1 saturated heterocycles. The van der Waals surface area contributed by atoms with Gasteiger partial charge in [0.15, 0.2) is 0 Å². The summed E-state index contributed by atoms with van der Waals surface area (Å²) in [6.07, 6.45) is -0.462. The molecule has 0 aromatic heterocycles. The van der Waals surface area contributed by atoms with Crippen molar-refractivity contribution in [3.05, 3.63) is 59.7 Å². The van der Waals surface area contributed by atoms with Gasteiger partial charge < -0.3 is 14.8 Å². The molecule has 0 radical (unpaired) electrons. The van der Waals surface area contributed by atoms with Crippen molar-refractivity contribution >= 4 is 11.8 Å². The van der Waals surface area contributed by atoms with Crippen molar-refractivity contribution in [2.45, 2.75) is 13.2 Å². The van der Waals surface area contributed by atoms with E-state index in [2.05, 4.69) is 15.5 Å². The molecule has 6 heteroatoms. The molecule has 2 N–H and O–H groups in total. The highest BCUT2D eigenvalue weighted by Crippen LogP contribution is 2.14. The van der Waals surface area contributed by atoms with E-state index >= 15 is 0 Å². The Morgan fingerprint density at radius 3 is 2.35 bits per heavy atom. The smallest absolute Gasteiger partial charge is 0.411 e. The maximum absolute atomic E-state index is 11.9. The van der Waals surface area contributed by atoms with Gasteiger partial charge in [0.1, 0.15) is 12.4 Å². The van der Waals surface area contributed by atoms with Gasteiger partial charge in [0.2, 0.25) is 0 Å². The van der Waals surface area contributed by atoms with Crippen molar-refractivity contribution < 1.29 is 14.3 Å². The Kier molecular flexibility index (Phi) is 6.46. The predicted molar refractivity (Wildman–Crippen MR) is 101 cm³/mol. The highest BCUT2D eigenvalue weighted by Gasteiger charge is 2.10. The summed E-state index contributed by atoms with van der Waals surface area (Å²) in [5, 5.41) is 6.11. The fraction of sp³-hybridized carbons (Fsp3) is 0.350. The third kappa shape index (κ3) is 5.47. The molecule has 1 aliphatic heterocycles. The molecule has 2 aromatic carbocycles. The fourth-order valence-electron chi connectivity index (χ4n) is 2.85. The van der Waals surface area contributed by atoms with Gasteiger partial charge in [-0.25, -0.2) is 4.79 Å². The Morgan fingerprint density at radius 2 is 1.69 bits per heavy atom. The number of carbonyl (C=O) groups excluding carboxylic acids is 1. The first kappa shape index (κ1) is 18.2. The lowest BCUT2D eigenvalue weighted by molar-refractivity contribution is 0.155. The number of ether oxygens (including phenoxy) is 2. The SMILES string of the molecule is COc1ccc(COC(=O)Nc2ccc(CN3CCNCC3)cc2)cc1. The first-order valence-electron chi connectivity index (χ1n) is 8.81. The lowest BCUT2D eigenvalue weighted by Gasteiger charge is -2.27. The molecule has 26 heavy (non-hydrogen) atoms. The van der Waals surface area contributed by atoms with Crippen molar-refractivity contribution in [3.63, 3.8) is 0 Å². The summed E-state index contributed by atoms with van der Waals surface area (Å²) in [4.78, 5) is 14.4. The number of methoxy groups -OCH3 is 1. The van der Waals surface area contributed by atoms with Gasteiger partial charge in [0, 0.05) is 38.4 Å². The number of benzene rings is 2. The molecule has 0 atom stereocenters. The molecule has 1 amide bonds. The molecule has 1 heterocycles. The van der Waals surface area contributed by atoms with Gasteiger partial charge in [-0.15, -0.1) is 0 Å². The Balaban J connectivity index is 1.44. The quantitative estimate of drug-likeness (QED) is 0.834. The van der Waals surface area contributed by atoms with Gasteiger partial charge in [0.25, 0.3) is 0 Å². The number of hydrogen-bond donors (Lipinski definition) is 2. The molecule has 1 fully saturated rings. The highest BCUT2D eigenvalue weighted by atomic mass is 16.5. The second-order valence-corrected chi connectivity index (χ2v) is 6.27. The van der Waals surface area contributed by atoms with Crippen LogP contribution in [0.5, 0.6) is 5.75 Å². The molecule has 0 bridgehead atoms. The van der Waals surface area contributed by atoms with E-state index in [1.807, 2.05) is 48.5 Å². The van der Waals surface area contributed by atoms with E-state index in [9.17, 15) is 4.79 Å². The molecule has 0 spiro atoms. The summed E-state index contributed by atoms with van der Waals surface area (Å²) < 4.78 is 10.4. The molecular formula is C20H25N3O3. The normalized spacial score (nSPS) is 14.7. The molecule has 1 aliphatic rings. The Labute approximate surface area is 154 Å². The lowest BCUT2D eigenvalue weighted by atomic mass is 10.2. The summed E-state index contributed by atoms with van der Waals surface area (Å²) in [5.74, 6) is 0.777. The number of anilines is 1. The second kappa shape index (κ2) is 9.22. The minimum Gasteiger partial charge on any atom is -0.497 e. The Hall–Kier alpha value is -2.57. The van der Waals surface area contributed by atoms with Gasteiger partial charge >= 0.3 is 6.09 Å². The predicted octanol–water partition coefficient (Wildman–Crippen LogP) is 2.85. The third-order valence-electron chi connectivity index (χ3n) is 4.35. The van der Waals surface area contributed by atoms with E-state index < -0.39 is 6.09 Å². The Bertz CT molecular complexity index is 695. The largest absolute Gasteiger partial charge is 0.497 e. The molecule has 0 saturated carbocycles. The van der Waals surface area contributed by atoms with Crippen LogP contribution < -0.4 is 15.4 Å². The third-order valence-corrected chi connectivity index (χ3v) is 4.35. The first-order valence-corrected chi connectivity index (χ1v) is 8.81. The van der Waals surface area contributed by atoms with Gasteiger partial charge in [0.05, 0.1) is 7.11 Å². The van der Waals surface area contributed by atoms with Gasteiger partial charge in [-0.2, -0.15) is 0 Å². The van der Waals surface area contributed by atoms with Gasteiger partial charge in [-0.05, 0) is 35.4 Å². The zero-order chi connectivity index (χ0) is 18.2. The number of carbonyl (C=O) groups is 1. The highest BCUT2D eigenvalue weighted by molar-refractivity contribution is 5.84. The van der Waals surface area contributed by atoms with Crippen LogP contribution in [0.2, 0.25) is 0 Å². The van der Waals surface area contributed by atoms with Crippen LogP contribution in [-0.4, -0.2) is 44.3 Å². The van der Waals surface area contributed by atoms with Crippen LogP contribution in [0.15, 0.2) is 48.5 Å². The summed E-state index contributed by atoms with van der Waals surface area (Å²) >= 11 is 0. The molecule has 3 rings (SSSR count). The topological polar surface area (TPSA) is 62.8 Å². The second-order valence-electron chi connectivity index (χ2n) is 6.27. The minimum atomic E-state index is -0.462. The standard InChI is InChI=1S/C20H25N3O3/c1-25-19-8-4-17(5-9-19)15-26-20(24)22-18-6-2-16(3-7-18)14-23-12-10-21-11-13-23/h2-9,21H,10-15H2,1H3,(H,22,24). The van der Waals surface area contributed by atoms with Crippen molar-refractivity contribution in [1.29, 1.82) is 0 Å². The average Bonchev–Trinajstić information content (AvgIpc) is 2.69. The van der Waals surface area contributed by atoms with Crippen molar-refractivity contribution in [2.75, 3.05) is 38.6 Å². The van der Waals surface area contributed by atoms with E-state index in [0.717, 1.165) is 49.7 Å². The molecule has 6 nitrogen and oxygen atoms in total. The van der Waals surface area contributed by atoms with E-state index in [1.54, 1.807) is 7.11 Å². The monoisotopic (exact) mass is 355 g/mol. The van der Waals surface area contributed by atoms with Crippen LogP contribution in [0.1, 0.15) is 11.1 Å². The van der Waals surface area contributed by atoms with Gasteiger partial charge in [-0.3, -0.25) is 10.2 Å². The first-order chi connectivity index (χ1) is 12.7. The van der Waals surface area contributed by atoms with E-state index in [0.29, 0.717) is 0 Å². The lowest BCUT2D eigenvalue weighted by Crippen LogP contribution is -2.42. The number of hydrogen-bond acceptors (Lipinski definition) is 5. The summed E-state index contributed by atoms with van der Waals surface area (Å²) in [6, 6.07) is 15.3.